The van der Waals surface area contributed by atoms with Crippen molar-refractivity contribution in [3.63, 3.8) is 0 Å². The van der Waals surface area contributed by atoms with Gasteiger partial charge in [-0.3, -0.25) is 9.59 Å². The van der Waals surface area contributed by atoms with E-state index in [0.717, 1.165) is 25.9 Å². The summed E-state index contributed by atoms with van der Waals surface area (Å²) in [6.07, 6.45) is 1.62. The van der Waals surface area contributed by atoms with Crippen molar-refractivity contribution in [2.24, 2.45) is 11.3 Å². The molecule has 5 nitrogen and oxygen atoms in total. The van der Waals surface area contributed by atoms with Gasteiger partial charge >= 0.3 is 0 Å². The van der Waals surface area contributed by atoms with E-state index >= 15 is 0 Å². The average molecular weight is 375 g/mol. The highest BCUT2D eigenvalue weighted by molar-refractivity contribution is 6.04. The van der Waals surface area contributed by atoms with Crippen molar-refractivity contribution in [3.05, 3.63) is 59.0 Å². The van der Waals surface area contributed by atoms with Gasteiger partial charge in [0.1, 0.15) is 34.5 Å². The normalized spacial score (nSPS) is 17.9. The maximum atomic E-state index is 13.7. The fourth-order valence-electron chi connectivity index (χ4n) is 3.73. The van der Waals surface area contributed by atoms with E-state index in [1.165, 1.54) is 12.1 Å². The number of hydrogen-bond acceptors (Lipinski definition) is 4. The van der Waals surface area contributed by atoms with Crippen LogP contribution in [0.4, 0.5) is 19.0 Å². The minimum absolute atomic E-state index is 0.00618. The lowest BCUT2D eigenvalue weighted by atomic mass is 9.57. The summed E-state index contributed by atoms with van der Waals surface area (Å²) in [5.74, 6) is -5.07. The number of nitrogens with one attached hydrogen (secondary N) is 2. The van der Waals surface area contributed by atoms with E-state index in [-0.39, 0.29) is 28.6 Å². The van der Waals surface area contributed by atoms with E-state index in [1.807, 2.05) is 0 Å². The number of ketones is 1. The Morgan fingerprint density at radius 1 is 1.11 bits per heavy atom. The van der Waals surface area contributed by atoms with Crippen LogP contribution >= 0.6 is 0 Å². The lowest BCUT2D eigenvalue weighted by molar-refractivity contribution is 0.00584. The standard InChI is InChI=1S/C19H16F3N3O2/c20-11-4-12(21)16(13(22)5-11)18(27)25-15-3-1-2-14(24-15)17(26)10-6-19(7-10)8-23-9-19/h1-5,10,23H,6-9H2,(H,24,25,27). The molecule has 2 aliphatic rings. The van der Waals surface area contributed by atoms with Gasteiger partial charge in [-0.05, 0) is 30.4 Å². The molecule has 27 heavy (non-hydrogen) atoms. The molecule has 1 aliphatic heterocycles. The number of rotatable bonds is 4. The molecule has 0 bridgehead atoms. The molecule has 1 aromatic heterocycles. The van der Waals surface area contributed by atoms with Crippen LogP contribution in [0.3, 0.4) is 0 Å². The fraction of sp³-hybridized carbons (Fsp3) is 0.316. The predicted molar refractivity (Wildman–Crippen MR) is 90.9 cm³/mol. The zero-order chi connectivity index (χ0) is 19.2. The molecule has 2 fully saturated rings. The van der Waals surface area contributed by atoms with Gasteiger partial charge in [0.25, 0.3) is 5.91 Å². The van der Waals surface area contributed by atoms with Gasteiger partial charge in [-0.1, -0.05) is 6.07 Å². The molecule has 1 saturated carbocycles. The number of aromatic nitrogens is 1. The minimum Gasteiger partial charge on any atom is -0.316 e. The number of carbonyl (C=O) groups is 2. The summed E-state index contributed by atoms with van der Waals surface area (Å²) < 4.78 is 40.4. The summed E-state index contributed by atoms with van der Waals surface area (Å²) in [5, 5.41) is 5.46. The molecule has 0 radical (unpaired) electrons. The third-order valence-electron chi connectivity index (χ3n) is 5.21. The highest BCUT2D eigenvalue weighted by atomic mass is 19.1. The molecule has 0 atom stereocenters. The van der Waals surface area contributed by atoms with Crippen LogP contribution in [-0.2, 0) is 0 Å². The molecule has 1 saturated heterocycles. The summed E-state index contributed by atoms with van der Waals surface area (Å²) in [7, 11) is 0. The first-order valence-electron chi connectivity index (χ1n) is 8.55. The van der Waals surface area contributed by atoms with E-state index < -0.39 is 28.9 Å². The summed E-state index contributed by atoms with van der Waals surface area (Å²) in [5.41, 5.74) is -0.475. The Morgan fingerprint density at radius 2 is 1.78 bits per heavy atom. The van der Waals surface area contributed by atoms with Crippen LogP contribution in [0.25, 0.3) is 0 Å². The van der Waals surface area contributed by atoms with Crippen molar-refractivity contribution in [3.8, 4) is 0 Å². The molecule has 1 aromatic carbocycles. The van der Waals surface area contributed by atoms with Crippen molar-refractivity contribution in [2.75, 3.05) is 18.4 Å². The number of benzene rings is 1. The number of anilines is 1. The Morgan fingerprint density at radius 3 is 2.37 bits per heavy atom. The zero-order valence-electron chi connectivity index (χ0n) is 14.2. The molecule has 140 valence electrons. The second kappa shape index (κ2) is 6.45. The van der Waals surface area contributed by atoms with Crippen LogP contribution in [-0.4, -0.2) is 29.8 Å². The number of amides is 1. The molecule has 8 heteroatoms. The fourth-order valence-corrected chi connectivity index (χ4v) is 3.73. The molecule has 1 spiro atoms. The van der Waals surface area contributed by atoms with Gasteiger partial charge in [-0.25, -0.2) is 18.2 Å². The van der Waals surface area contributed by atoms with Gasteiger partial charge < -0.3 is 10.6 Å². The Hall–Kier alpha value is -2.74. The van der Waals surface area contributed by atoms with E-state index in [9.17, 15) is 22.8 Å². The SMILES string of the molecule is O=C(Nc1cccc(C(=O)C2CC3(CNC3)C2)n1)c1c(F)cc(F)cc1F. The third-order valence-corrected chi connectivity index (χ3v) is 5.21. The summed E-state index contributed by atoms with van der Waals surface area (Å²) in [6, 6.07) is 5.33. The molecule has 0 unspecified atom stereocenters. The van der Waals surface area contributed by atoms with E-state index in [2.05, 4.69) is 15.6 Å². The number of carbonyl (C=O) groups excluding carboxylic acids is 2. The number of halogens is 3. The smallest absolute Gasteiger partial charge is 0.262 e. The minimum atomic E-state index is -1.31. The Bertz CT molecular complexity index is 913. The number of hydrogen-bond donors (Lipinski definition) is 2. The lowest BCUT2D eigenvalue weighted by Crippen LogP contribution is -2.61. The first-order valence-corrected chi connectivity index (χ1v) is 8.55. The van der Waals surface area contributed by atoms with E-state index in [1.54, 1.807) is 6.07 Å². The number of Topliss-reactive ketones (excluding diaryl/α,β-unsaturated/α-hetero) is 1. The van der Waals surface area contributed by atoms with Crippen LogP contribution in [0, 0.1) is 28.8 Å². The average Bonchev–Trinajstić information content (AvgIpc) is 2.51. The van der Waals surface area contributed by atoms with Gasteiger partial charge in [-0.15, -0.1) is 0 Å². The summed E-state index contributed by atoms with van der Waals surface area (Å²) in [6.45, 7) is 1.85. The van der Waals surface area contributed by atoms with Gasteiger partial charge in [0.2, 0.25) is 0 Å². The molecule has 1 aliphatic carbocycles. The maximum Gasteiger partial charge on any atom is 0.262 e. The second-order valence-electron chi connectivity index (χ2n) is 7.18. The zero-order valence-corrected chi connectivity index (χ0v) is 14.2. The number of pyridine rings is 1. The monoisotopic (exact) mass is 375 g/mol. The molecular weight excluding hydrogens is 359 g/mol. The van der Waals surface area contributed by atoms with Gasteiger partial charge in [0.05, 0.1) is 0 Å². The van der Waals surface area contributed by atoms with Crippen LogP contribution in [0.15, 0.2) is 30.3 Å². The Labute approximate surface area is 153 Å². The molecule has 2 heterocycles. The van der Waals surface area contributed by atoms with Gasteiger partial charge in [0, 0.05) is 31.1 Å². The Kier molecular flexibility index (Phi) is 4.22. The van der Waals surface area contributed by atoms with Crippen molar-refractivity contribution in [1.82, 2.24) is 10.3 Å². The van der Waals surface area contributed by atoms with Crippen LogP contribution in [0.5, 0.6) is 0 Å². The molecule has 4 rings (SSSR count). The Balaban J connectivity index is 1.48. The van der Waals surface area contributed by atoms with Crippen molar-refractivity contribution in [1.29, 1.82) is 0 Å². The predicted octanol–water partition coefficient (Wildman–Crippen LogP) is 2.93. The van der Waals surface area contributed by atoms with Gasteiger partial charge in [-0.2, -0.15) is 0 Å². The molecule has 2 N–H and O–H groups in total. The largest absolute Gasteiger partial charge is 0.316 e. The third kappa shape index (κ3) is 3.21. The molecular formula is C19H16F3N3O2. The first kappa shape index (κ1) is 17.7. The van der Waals surface area contributed by atoms with E-state index in [0.29, 0.717) is 12.1 Å². The molecule has 1 amide bonds. The quantitative estimate of drug-likeness (QED) is 0.806. The van der Waals surface area contributed by atoms with Gasteiger partial charge in [0.15, 0.2) is 5.78 Å². The highest BCUT2D eigenvalue weighted by Crippen LogP contribution is 2.49. The van der Waals surface area contributed by atoms with Crippen LogP contribution in [0.2, 0.25) is 0 Å². The summed E-state index contributed by atoms with van der Waals surface area (Å²) in [4.78, 5) is 28.8. The van der Waals surface area contributed by atoms with Crippen LogP contribution < -0.4 is 10.6 Å². The first-order chi connectivity index (χ1) is 12.9. The summed E-state index contributed by atoms with van der Waals surface area (Å²) >= 11 is 0. The van der Waals surface area contributed by atoms with Crippen molar-refractivity contribution >= 4 is 17.5 Å². The van der Waals surface area contributed by atoms with Crippen LogP contribution in [0.1, 0.15) is 33.7 Å². The maximum absolute atomic E-state index is 13.7. The highest BCUT2D eigenvalue weighted by Gasteiger charge is 2.51. The number of nitrogens with zero attached hydrogens (tertiary/aromatic N) is 1. The topological polar surface area (TPSA) is 71.1 Å². The van der Waals surface area contributed by atoms with Crippen molar-refractivity contribution in [2.45, 2.75) is 12.8 Å². The molecule has 2 aromatic rings. The second-order valence-corrected chi connectivity index (χ2v) is 7.18. The van der Waals surface area contributed by atoms with E-state index in [4.69, 9.17) is 0 Å². The lowest BCUT2D eigenvalue weighted by Gasteiger charge is -2.53. The van der Waals surface area contributed by atoms with Crippen molar-refractivity contribution < 1.29 is 22.8 Å².